The maximum absolute atomic E-state index is 12.4. The zero-order chi connectivity index (χ0) is 16.9. The van der Waals surface area contributed by atoms with Gasteiger partial charge in [0.25, 0.3) is 5.91 Å². The Labute approximate surface area is 140 Å². The first kappa shape index (κ1) is 16.0. The SMILES string of the molecule is NC(=O)c1cnccc1N1CCC(C(=O)Nc2ccccc2)CC1. The van der Waals surface area contributed by atoms with E-state index in [1.807, 2.05) is 30.3 Å². The van der Waals surface area contributed by atoms with Crippen LogP contribution in [0.2, 0.25) is 0 Å². The van der Waals surface area contributed by atoms with Crippen LogP contribution in [0.5, 0.6) is 0 Å². The van der Waals surface area contributed by atoms with Crippen molar-refractivity contribution in [2.75, 3.05) is 23.3 Å². The van der Waals surface area contributed by atoms with Crippen molar-refractivity contribution in [1.29, 1.82) is 0 Å². The van der Waals surface area contributed by atoms with Crippen LogP contribution in [0.3, 0.4) is 0 Å². The minimum atomic E-state index is -0.484. The summed E-state index contributed by atoms with van der Waals surface area (Å²) in [6.07, 6.45) is 4.61. The first-order chi connectivity index (χ1) is 11.6. The van der Waals surface area contributed by atoms with Gasteiger partial charge in [0.05, 0.1) is 11.3 Å². The predicted molar refractivity (Wildman–Crippen MR) is 92.8 cm³/mol. The molecule has 24 heavy (non-hydrogen) atoms. The summed E-state index contributed by atoms with van der Waals surface area (Å²) < 4.78 is 0. The van der Waals surface area contributed by atoms with Gasteiger partial charge in [-0.2, -0.15) is 0 Å². The molecule has 1 aliphatic heterocycles. The molecule has 1 aromatic heterocycles. The molecule has 0 radical (unpaired) electrons. The molecule has 0 atom stereocenters. The second-order valence-corrected chi connectivity index (χ2v) is 5.87. The van der Waals surface area contributed by atoms with Gasteiger partial charge in [-0.3, -0.25) is 14.6 Å². The number of benzene rings is 1. The van der Waals surface area contributed by atoms with Crippen LogP contribution in [-0.4, -0.2) is 29.9 Å². The highest BCUT2D eigenvalue weighted by Gasteiger charge is 2.26. The van der Waals surface area contributed by atoms with Crippen LogP contribution in [0.15, 0.2) is 48.8 Å². The molecule has 0 aliphatic carbocycles. The number of piperidine rings is 1. The van der Waals surface area contributed by atoms with Crippen molar-refractivity contribution in [2.24, 2.45) is 11.7 Å². The summed E-state index contributed by atoms with van der Waals surface area (Å²) >= 11 is 0. The Morgan fingerprint density at radius 2 is 1.83 bits per heavy atom. The first-order valence-corrected chi connectivity index (χ1v) is 8.00. The molecule has 6 nitrogen and oxygen atoms in total. The van der Waals surface area contributed by atoms with Crippen LogP contribution in [0.1, 0.15) is 23.2 Å². The third-order valence-corrected chi connectivity index (χ3v) is 4.31. The molecular weight excluding hydrogens is 304 g/mol. The fourth-order valence-corrected chi connectivity index (χ4v) is 3.00. The average Bonchev–Trinajstić information content (AvgIpc) is 2.62. The summed E-state index contributed by atoms with van der Waals surface area (Å²) in [7, 11) is 0. The summed E-state index contributed by atoms with van der Waals surface area (Å²) in [5.74, 6) is -0.465. The van der Waals surface area contributed by atoms with Crippen molar-refractivity contribution in [1.82, 2.24) is 4.98 Å². The third-order valence-electron chi connectivity index (χ3n) is 4.31. The van der Waals surface area contributed by atoms with E-state index in [0.29, 0.717) is 18.7 Å². The van der Waals surface area contributed by atoms with Crippen LogP contribution in [0.4, 0.5) is 11.4 Å². The molecule has 1 aromatic carbocycles. The first-order valence-electron chi connectivity index (χ1n) is 8.00. The molecule has 1 fully saturated rings. The van der Waals surface area contributed by atoms with E-state index in [4.69, 9.17) is 5.73 Å². The number of aromatic nitrogens is 1. The Morgan fingerprint density at radius 1 is 1.12 bits per heavy atom. The molecule has 1 aliphatic rings. The van der Waals surface area contributed by atoms with E-state index in [1.54, 1.807) is 12.3 Å². The van der Waals surface area contributed by atoms with Crippen LogP contribution < -0.4 is 16.0 Å². The lowest BCUT2D eigenvalue weighted by molar-refractivity contribution is -0.120. The molecule has 2 aromatic rings. The number of nitrogens with one attached hydrogen (secondary N) is 1. The van der Waals surface area contributed by atoms with Crippen molar-refractivity contribution in [3.63, 3.8) is 0 Å². The van der Waals surface area contributed by atoms with Crippen molar-refractivity contribution in [3.8, 4) is 0 Å². The molecule has 1 saturated heterocycles. The number of carbonyl (C=O) groups is 2. The summed E-state index contributed by atoms with van der Waals surface area (Å²) in [4.78, 5) is 30.0. The van der Waals surface area contributed by atoms with E-state index < -0.39 is 5.91 Å². The lowest BCUT2D eigenvalue weighted by Gasteiger charge is -2.33. The van der Waals surface area contributed by atoms with Gasteiger partial charge in [-0.25, -0.2) is 0 Å². The number of amides is 2. The molecule has 2 amide bonds. The second kappa shape index (κ2) is 7.12. The van der Waals surface area contributed by atoms with Crippen molar-refractivity contribution in [2.45, 2.75) is 12.8 Å². The predicted octanol–water partition coefficient (Wildman–Crippen LogP) is 2.04. The van der Waals surface area contributed by atoms with Gasteiger partial charge in [-0.05, 0) is 31.0 Å². The lowest BCUT2D eigenvalue weighted by atomic mass is 9.95. The molecule has 2 heterocycles. The molecule has 0 unspecified atom stereocenters. The Hall–Kier alpha value is -2.89. The van der Waals surface area contributed by atoms with Gasteiger partial charge >= 0.3 is 0 Å². The third kappa shape index (κ3) is 3.53. The number of carbonyl (C=O) groups excluding carboxylic acids is 2. The molecule has 0 spiro atoms. The zero-order valence-electron chi connectivity index (χ0n) is 13.3. The Morgan fingerprint density at radius 3 is 2.50 bits per heavy atom. The van der Waals surface area contributed by atoms with Crippen molar-refractivity contribution < 1.29 is 9.59 Å². The van der Waals surface area contributed by atoms with Gasteiger partial charge in [0.1, 0.15) is 0 Å². The zero-order valence-corrected chi connectivity index (χ0v) is 13.3. The normalized spacial score (nSPS) is 15.1. The highest BCUT2D eigenvalue weighted by Crippen LogP contribution is 2.26. The summed E-state index contributed by atoms with van der Waals surface area (Å²) in [5, 5.41) is 2.95. The van der Waals surface area contributed by atoms with E-state index >= 15 is 0 Å². The molecule has 0 saturated carbocycles. The molecule has 124 valence electrons. The quantitative estimate of drug-likeness (QED) is 0.901. The minimum Gasteiger partial charge on any atom is -0.371 e. The van der Waals surface area contributed by atoms with Gasteiger partial charge in [0.2, 0.25) is 5.91 Å². The van der Waals surface area contributed by atoms with E-state index in [-0.39, 0.29) is 11.8 Å². The molecule has 6 heteroatoms. The monoisotopic (exact) mass is 324 g/mol. The Balaban J connectivity index is 1.62. The topological polar surface area (TPSA) is 88.3 Å². The van der Waals surface area contributed by atoms with Crippen LogP contribution in [0, 0.1) is 5.92 Å². The lowest BCUT2D eigenvalue weighted by Crippen LogP contribution is -2.39. The van der Waals surface area contributed by atoms with E-state index in [0.717, 1.165) is 24.2 Å². The number of hydrogen-bond acceptors (Lipinski definition) is 4. The van der Waals surface area contributed by atoms with E-state index in [9.17, 15) is 9.59 Å². The minimum absolute atomic E-state index is 0.0275. The van der Waals surface area contributed by atoms with Gasteiger partial charge in [-0.1, -0.05) is 18.2 Å². The number of para-hydroxylation sites is 1. The second-order valence-electron chi connectivity index (χ2n) is 5.87. The smallest absolute Gasteiger partial charge is 0.252 e. The number of anilines is 2. The summed E-state index contributed by atoms with van der Waals surface area (Å²) in [6, 6.07) is 11.3. The molecule has 3 rings (SSSR count). The highest BCUT2D eigenvalue weighted by atomic mass is 16.2. The summed E-state index contributed by atoms with van der Waals surface area (Å²) in [5.41, 5.74) is 7.44. The van der Waals surface area contributed by atoms with Gasteiger partial charge < -0.3 is 16.0 Å². The van der Waals surface area contributed by atoms with Gasteiger partial charge in [0.15, 0.2) is 0 Å². The maximum Gasteiger partial charge on any atom is 0.252 e. The number of nitrogens with two attached hydrogens (primary N) is 1. The van der Waals surface area contributed by atoms with Crippen molar-refractivity contribution >= 4 is 23.2 Å². The Bertz CT molecular complexity index is 725. The fourth-order valence-electron chi connectivity index (χ4n) is 3.00. The number of pyridine rings is 1. The molecule has 3 N–H and O–H groups in total. The number of rotatable bonds is 4. The average molecular weight is 324 g/mol. The van der Waals surface area contributed by atoms with Gasteiger partial charge in [-0.15, -0.1) is 0 Å². The number of hydrogen-bond donors (Lipinski definition) is 2. The number of primary amides is 1. The Kier molecular flexibility index (Phi) is 4.74. The maximum atomic E-state index is 12.4. The largest absolute Gasteiger partial charge is 0.371 e. The van der Waals surface area contributed by atoms with Crippen LogP contribution >= 0.6 is 0 Å². The highest BCUT2D eigenvalue weighted by molar-refractivity contribution is 5.98. The number of nitrogens with zero attached hydrogens (tertiary/aromatic N) is 2. The molecular formula is C18H20N4O2. The molecule has 0 bridgehead atoms. The fraction of sp³-hybridized carbons (Fsp3) is 0.278. The van der Waals surface area contributed by atoms with Crippen molar-refractivity contribution in [3.05, 3.63) is 54.4 Å². The van der Waals surface area contributed by atoms with Crippen LogP contribution in [0.25, 0.3) is 0 Å². The van der Waals surface area contributed by atoms with E-state index in [2.05, 4.69) is 15.2 Å². The summed E-state index contributed by atoms with van der Waals surface area (Å²) in [6.45, 7) is 1.41. The standard InChI is InChI=1S/C18H20N4O2/c19-17(23)15-12-20-9-6-16(15)22-10-7-13(8-11-22)18(24)21-14-4-2-1-3-5-14/h1-6,9,12-13H,7-8,10-11H2,(H2,19,23)(H,21,24). The van der Waals surface area contributed by atoms with Crippen LogP contribution in [-0.2, 0) is 4.79 Å². The van der Waals surface area contributed by atoms with E-state index in [1.165, 1.54) is 6.20 Å². The van der Waals surface area contributed by atoms with Gasteiger partial charge in [0, 0.05) is 37.1 Å².